The van der Waals surface area contributed by atoms with Crippen LogP contribution in [0.3, 0.4) is 0 Å². The number of hydrogen-bond donors (Lipinski definition) is 2. The minimum absolute atomic E-state index is 0.0156. The molecular weight excluding hydrogens is 270 g/mol. The first-order valence-electron chi connectivity index (χ1n) is 7.57. The third-order valence-corrected chi connectivity index (χ3v) is 4.00. The van der Waals surface area contributed by atoms with Gasteiger partial charge in [0.25, 0.3) is 0 Å². The predicted octanol–water partition coefficient (Wildman–Crippen LogP) is 2.42. The van der Waals surface area contributed by atoms with Crippen molar-refractivity contribution in [1.29, 1.82) is 0 Å². The van der Waals surface area contributed by atoms with Crippen molar-refractivity contribution in [1.82, 2.24) is 5.43 Å². The van der Waals surface area contributed by atoms with Crippen LogP contribution in [0.15, 0.2) is 5.10 Å². The average molecular weight is 297 g/mol. The van der Waals surface area contributed by atoms with Crippen LogP contribution in [-0.2, 0) is 9.53 Å². The highest BCUT2D eigenvalue weighted by atomic mass is 16.5. The topological polar surface area (TPSA) is 93.8 Å². The molecule has 1 rings (SSSR count). The zero-order chi connectivity index (χ0) is 16.0. The number of nitrogens with two attached hydrogens (primary N) is 1. The van der Waals surface area contributed by atoms with Crippen molar-refractivity contribution in [2.45, 2.75) is 59.5 Å². The number of carbonyl (C=O) groups excluding carboxylic acids is 2. The SMILES string of the molecule is C/C(CC(=O)O[C@@H]1C[C@H](C)CC[C@@H]1C(C)C)=N\NC(N)=O. The molecule has 6 heteroatoms. The Morgan fingerprint density at radius 1 is 1.38 bits per heavy atom. The fourth-order valence-corrected chi connectivity index (χ4v) is 2.86. The molecule has 0 aromatic rings. The first kappa shape index (κ1) is 17.5. The van der Waals surface area contributed by atoms with Gasteiger partial charge in [-0.15, -0.1) is 0 Å². The van der Waals surface area contributed by atoms with Crippen LogP contribution >= 0.6 is 0 Å². The van der Waals surface area contributed by atoms with Gasteiger partial charge in [-0.25, -0.2) is 10.2 Å². The number of amides is 2. The zero-order valence-corrected chi connectivity index (χ0v) is 13.4. The Morgan fingerprint density at radius 2 is 2.05 bits per heavy atom. The highest BCUT2D eigenvalue weighted by Crippen LogP contribution is 2.35. The van der Waals surface area contributed by atoms with Gasteiger partial charge in [0.05, 0.1) is 6.42 Å². The van der Waals surface area contributed by atoms with E-state index in [-0.39, 0.29) is 18.5 Å². The summed E-state index contributed by atoms with van der Waals surface area (Å²) in [7, 11) is 0. The number of primary amides is 1. The molecular formula is C15H27N3O3. The molecule has 120 valence electrons. The van der Waals surface area contributed by atoms with E-state index < -0.39 is 6.03 Å². The van der Waals surface area contributed by atoms with E-state index in [1.54, 1.807) is 6.92 Å². The summed E-state index contributed by atoms with van der Waals surface area (Å²) in [5.74, 6) is 1.21. The Morgan fingerprint density at radius 3 is 2.62 bits per heavy atom. The third kappa shape index (κ3) is 6.14. The minimum Gasteiger partial charge on any atom is -0.462 e. The summed E-state index contributed by atoms with van der Waals surface area (Å²) in [6, 6.07) is -0.747. The van der Waals surface area contributed by atoms with Crippen LogP contribution < -0.4 is 11.2 Å². The molecule has 2 amide bonds. The van der Waals surface area contributed by atoms with Crippen LogP contribution in [-0.4, -0.2) is 23.8 Å². The number of hydrogen-bond acceptors (Lipinski definition) is 4. The lowest BCUT2D eigenvalue weighted by Crippen LogP contribution is -2.36. The van der Waals surface area contributed by atoms with Crippen LogP contribution in [0.25, 0.3) is 0 Å². The molecule has 0 saturated heterocycles. The van der Waals surface area contributed by atoms with Gasteiger partial charge in [-0.2, -0.15) is 5.10 Å². The smallest absolute Gasteiger partial charge is 0.332 e. The van der Waals surface area contributed by atoms with E-state index in [1.165, 1.54) is 6.42 Å². The lowest BCUT2D eigenvalue weighted by molar-refractivity contribution is -0.154. The van der Waals surface area contributed by atoms with Crippen LogP contribution in [0.1, 0.15) is 53.4 Å². The van der Waals surface area contributed by atoms with Crippen LogP contribution in [0.5, 0.6) is 0 Å². The quantitative estimate of drug-likeness (QED) is 0.463. The molecule has 1 aliphatic rings. The molecule has 0 spiro atoms. The highest BCUT2D eigenvalue weighted by molar-refractivity contribution is 5.97. The molecule has 0 radical (unpaired) electrons. The van der Waals surface area contributed by atoms with Crippen molar-refractivity contribution in [2.24, 2.45) is 28.6 Å². The number of rotatable bonds is 5. The van der Waals surface area contributed by atoms with Crippen LogP contribution in [0, 0.1) is 17.8 Å². The molecule has 0 bridgehead atoms. The number of urea groups is 1. The van der Waals surface area contributed by atoms with Gasteiger partial charge >= 0.3 is 12.0 Å². The Bertz CT molecular complexity index is 407. The maximum Gasteiger partial charge on any atom is 0.332 e. The van der Waals surface area contributed by atoms with E-state index in [4.69, 9.17) is 10.5 Å². The number of carbonyl (C=O) groups is 2. The van der Waals surface area contributed by atoms with Crippen LogP contribution in [0.2, 0.25) is 0 Å². The first-order chi connectivity index (χ1) is 9.79. The van der Waals surface area contributed by atoms with Gasteiger partial charge in [0.1, 0.15) is 6.10 Å². The summed E-state index contributed by atoms with van der Waals surface area (Å²) < 4.78 is 5.65. The van der Waals surface area contributed by atoms with Crippen molar-refractivity contribution in [3.8, 4) is 0 Å². The monoisotopic (exact) mass is 297 g/mol. The number of nitrogens with one attached hydrogen (secondary N) is 1. The van der Waals surface area contributed by atoms with E-state index in [2.05, 4.69) is 31.3 Å². The fourth-order valence-electron chi connectivity index (χ4n) is 2.86. The van der Waals surface area contributed by atoms with Crippen LogP contribution in [0.4, 0.5) is 4.79 Å². The Labute approximate surface area is 126 Å². The van der Waals surface area contributed by atoms with Gasteiger partial charge in [0.2, 0.25) is 0 Å². The van der Waals surface area contributed by atoms with Crippen molar-refractivity contribution in [2.75, 3.05) is 0 Å². The lowest BCUT2D eigenvalue weighted by atomic mass is 9.75. The van der Waals surface area contributed by atoms with Gasteiger partial charge in [0.15, 0.2) is 0 Å². The Balaban J connectivity index is 2.54. The molecule has 1 saturated carbocycles. The number of ether oxygens (including phenoxy) is 1. The summed E-state index contributed by atoms with van der Waals surface area (Å²) in [5.41, 5.74) is 7.50. The maximum atomic E-state index is 12.0. The highest BCUT2D eigenvalue weighted by Gasteiger charge is 2.33. The van der Waals surface area contributed by atoms with Gasteiger partial charge in [-0.05, 0) is 37.5 Å². The Hall–Kier alpha value is -1.59. The van der Waals surface area contributed by atoms with Gasteiger partial charge in [-0.3, -0.25) is 4.79 Å². The second-order valence-electron chi connectivity index (χ2n) is 6.35. The van der Waals surface area contributed by atoms with Gasteiger partial charge in [-0.1, -0.05) is 27.2 Å². The van der Waals surface area contributed by atoms with Gasteiger partial charge in [0, 0.05) is 5.71 Å². The summed E-state index contributed by atoms with van der Waals surface area (Å²) in [6.45, 7) is 8.19. The number of hydrazone groups is 1. The van der Waals surface area contributed by atoms with Crippen molar-refractivity contribution in [3.63, 3.8) is 0 Å². The lowest BCUT2D eigenvalue weighted by Gasteiger charge is -2.36. The third-order valence-electron chi connectivity index (χ3n) is 4.00. The predicted molar refractivity (Wildman–Crippen MR) is 81.7 cm³/mol. The average Bonchev–Trinajstić information content (AvgIpc) is 2.35. The molecule has 0 unspecified atom stereocenters. The second kappa shape index (κ2) is 8.00. The Kier molecular flexibility index (Phi) is 6.65. The molecule has 0 heterocycles. The molecule has 6 nitrogen and oxygen atoms in total. The molecule has 3 atom stereocenters. The zero-order valence-electron chi connectivity index (χ0n) is 13.4. The second-order valence-corrected chi connectivity index (χ2v) is 6.35. The molecule has 0 aromatic carbocycles. The van der Waals surface area contributed by atoms with E-state index in [1.807, 2.05) is 0 Å². The minimum atomic E-state index is -0.747. The summed E-state index contributed by atoms with van der Waals surface area (Å²) in [6.07, 6.45) is 3.27. The summed E-state index contributed by atoms with van der Waals surface area (Å²) in [4.78, 5) is 22.5. The van der Waals surface area contributed by atoms with E-state index >= 15 is 0 Å². The largest absolute Gasteiger partial charge is 0.462 e. The molecule has 0 aromatic heterocycles. The maximum absolute atomic E-state index is 12.0. The van der Waals surface area contributed by atoms with Gasteiger partial charge < -0.3 is 10.5 Å². The number of nitrogens with zero attached hydrogens (tertiary/aromatic N) is 1. The van der Waals surface area contributed by atoms with Crippen molar-refractivity contribution >= 4 is 17.7 Å². The standard InChI is InChI=1S/C15H27N3O3/c1-9(2)12-6-5-10(3)7-13(12)21-14(19)8-11(4)17-18-15(16)20/h9-10,12-13H,5-8H2,1-4H3,(H3,16,18,20)/b17-11+/t10-,12-,13-/m1/s1. The normalized spacial score (nSPS) is 26.5. The van der Waals surface area contributed by atoms with E-state index in [0.717, 1.165) is 12.8 Å². The summed E-state index contributed by atoms with van der Waals surface area (Å²) in [5, 5.41) is 3.72. The first-order valence-corrected chi connectivity index (χ1v) is 7.57. The van der Waals surface area contributed by atoms with Crippen molar-refractivity contribution in [3.05, 3.63) is 0 Å². The van der Waals surface area contributed by atoms with Crippen molar-refractivity contribution < 1.29 is 14.3 Å². The molecule has 3 N–H and O–H groups in total. The molecule has 0 aliphatic heterocycles. The molecule has 1 aliphatic carbocycles. The van der Waals surface area contributed by atoms with E-state index in [9.17, 15) is 9.59 Å². The number of esters is 1. The fraction of sp³-hybridized carbons (Fsp3) is 0.800. The van der Waals surface area contributed by atoms with E-state index in [0.29, 0.717) is 23.5 Å². The summed E-state index contributed by atoms with van der Waals surface area (Å²) >= 11 is 0. The molecule has 1 fully saturated rings. The molecule has 21 heavy (non-hydrogen) atoms.